The van der Waals surface area contributed by atoms with Crippen molar-refractivity contribution in [2.75, 3.05) is 0 Å². The molecule has 3 heteroatoms. The SMILES string of the molecule is O=C(/C=C/c1ccccc1)c1[c]ccc(F)c1C/C=C/c1ccc(Cl)cc1. The number of hydrogen-bond acceptors (Lipinski definition) is 1. The molecule has 0 atom stereocenters. The first-order valence-corrected chi connectivity index (χ1v) is 8.90. The fourth-order valence-corrected chi connectivity index (χ4v) is 2.76. The molecule has 0 bridgehead atoms. The minimum absolute atomic E-state index is 0.253. The highest BCUT2D eigenvalue weighted by Crippen LogP contribution is 2.17. The molecule has 0 spiro atoms. The van der Waals surface area contributed by atoms with Crippen LogP contribution in [-0.4, -0.2) is 5.78 Å². The van der Waals surface area contributed by atoms with E-state index in [1.807, 2.05) is 54.6 Å². The lowest BCUT2D eigenvalue weighted by atomic mass is 9.99. The van der Waals surface area contributed by atoms with E-state index in [1.165, 1.54) is 18.2 Å². The number of rotatable bonds is 6. The molecule has 27 heavy (non-hydrogen) atoms. The standard InChI is InChI=1S/C24H17ClFO/c25-20-15-12-19(13-16-20)8-4-9-21-22(10-5-11-23(21)26)24(27)17-14-18-6-2-1-3-7-18/h1-8,11-17H,9H2/b8-4+,17-14+. The lowest BCUT2D eigenvalue weighted by Gasteiger charge is -2.06. The molecule has 1 radical (unpaired) electrons. The molecule has 0 N–H and O–H groups in total. The second-order valence-electron chi connectivity index (χ2n) is 5.95. The van der Waals surface area contributed by atoms with Crippen molar-refractivity contribution in [2.45, 2.75) is 6.42 Å². The van der Waals surface area contributed by atoms with Crippen molar-refractivity contribution in [1.29, 1.82) is 0 Å². The summed E-state index contributed by atoms with van der Waals surface area (Å²) in [6.07, 6.45) is 7.16. The van der Waals surface area contributed by atoms with Gasteiger partial charge >= 0.3 is 0 Å². The molecule has 0 aliphatic rings. The Labute approximate surface area is 163 Å². The summed E-state index contributed by atoms with van der Waals surface area (Å²) in [5, 5.41) is 0.661. The number of carbonyl (C=O) groups is 1. The zero-order valence-electron chi connectivity index (χ0n) is 14.5. The fourth-order valence-electron chi connectivity index (χ4n) is 2.63. The second-order valence-corrected chi connectivity index (χ2v) is 6.38. The first-order chi connectivity index (χ1) is 13.1. The van der Waals surface area contributed by atoms with Crippen molar-refractivity contribution in [1.82, 2.24) is 0 Å². The van der Waals surface area contributed by atoms with Gasteiger partial charge in [-0.1, -0.05) is 78.4 Å². The average Bonchev–Trinajstić information content (AvgIpc) is 2.69. The minimum Gasteiger partial charge on any atom is -0.289 e. The number of ketones is 1. The Hall–Kier alpha value is -2.97. The van der Waals surface area contributed by atoms with Gasteiger partial charge in [0.2, 0.25) is 0 Å². The van der Waals surface area contributed by atoms with Gasteiger partial charge in [0.05, 0.1) is 0 Å². The molecular formula is C24H17ClFO. The third-order valence-electron chi connectivity index (χ3n) is 4.02. The molecule has 0 saturated heterocycles. The van der Waals surface area contributed by atoms with E-state index in [1.54, 1.807) is 18.2 Å². The summed E-state index contributed by atoms with van der Waals surface area (Å²) in [7, 11) is 0. The molecule has 0 fully saturated rings. The van der Waals surface area contributed by atoms with Crippen LogP contribution in [0.25, 0.3) is 12.2 Å². The molecule has 0 heterocycles. The first-order valence-electron chi connectivity index (χ1n) is 8.52. The van der Waals surface area contributed by atoms with Crippen LogP contribution in [0, 0.1) is 11.9 Å². The maximum atomic E-state index is 14.3. The maximum absolute atomic E-state index is 14.3. The van der Waals surface area contributed by atoms with Gasteiger partial charge in [-0.2, -0.15) is 0 Å². The summed E-state index contributed by atoms with van der Waals surface area (Å²) >= 11 is 5.87. The van der Waals surface area contributed by atoms with E-state index in [9.17, 15) is 9.18 Å². The normalized spacial score (nSPS) is 11.3. The van der Waals surface area contributed by atoms with E-state index in [2.05, 4.69) is 6.07 Å². The van der Waals surface area contributed by atoms with Crippen molar-refractivity contribution in [3.8, 4) is 0 Å². The largest absolute Gasteiger partial charge is 0.289 e. The van der Waals surface area contributed by atoms with Crippen LogP contribution in [0.2, 0.25) is 5.02 Å². The Kier molecular flexibility index (Phi) is 6.35. The van der Waals surface area contributed by atoms with Crippen molar-refractivity contribution in [2.24, 2.45) is 0 Å². The van der Waals surface area contributed by atoms with E-state index in [-0.39, 0.29) is 11.3 Å². The Morgan fingerprint density at radius 1 is 0.963 bits per heavy atom. The third-order valence-corrected chi connectivity index (χ3v) is 4.27. The summed E-state index contributed by atoms with van der Waals surface area (Å²) in [6.45, 7) is 0. The molecule has 133 valence electrons. The zero-order chi connectivity index (χ0) is 19.1. The molecule has 0 amide bonds. The van der Waals surface area contributed by atoms with Crippen LogP contribution in [0.15, 0.2) is 78.9 Å². The van der Waals surface area contributed by atoms with Gasteiger partial charge < -0.3 is 0 Å². The highest BCUT2D eigenvalue weighted by Gasteiger charge is 2.12. The second kappa shape index (κ2) is 9.11. The van der Waals surface area contributed by atoms with Crippen molar-refractivity contribution in [3.05, 3.63) is 118 Å². The van der Waals surface area contributed by atoms with E-state index < -0.39 is 5.82 Å². The Morgan fingerprint density at radius 2 is 1.67 bits per heavy atom. The minimum atomic E-state index is -0.411. The summed E-state index contributed by atoms with van der Waals surface area (Å²) < 4.78 is 14.3. The van der Waals surface area contributed by atoms with Crippen LogP contribution >= 0.6 is 11.6 Å². The van der Waals surface area contributed by atoms with Crippen molar-refractivity contribution in [3.63, 3.8) is 0 Å². The van der Waals surface area contributed by atoms with Crippen LogP contribution in [-0.2, 0) is 6.42 Å². The molecular weight excluding hydrogens is 359 g/mol. The Balaban J connectivity index is 1.78. The molecule has 1 nitrogen and oxygen atoms in total. The molecule has 0 aliphatic carbocycles. The molecule has 3 aromatic carbocycles. The average molecular weight is 376 g/mol. The van der Waals surface area contributed by atoms with E-state index in [0.29, 0.717) is 17.0 Å². The lowest BCUT2D eigenvalue weighted by Crippen LogP contribution is -2.03. The van der Waals surface area contributed by atoms with Gasteiger partial charge in [0.15, 0.2) is 5.78 Å². The third kappa shape index (κ3) is 5.25. The van der Waals surface area contributed by atoms with Crippen molar-refractivity contribution >= 4 is 29.5 Å². The summed E-state index contributed by atoms with van der Waals surface area (Å²) in [5.74, 6) is -0.681. The number of carbonyl (C=O) groups excluding carboxylic acids is 1. The van der Waals surface area contributed by atoms with Gasteiger partial charge in [0.1, 0.15) is 5.82 Å². The Morgan fingerprint density at radius 3 is 2.41 bits per heavy atom. The van der Waals surface area contributed by atoms with E-state index >= 15 is 0 Å². The smallest absolute Gasteiger partial charge is 0.186 e. The van der Waals surface area contributed by atoms with Gasteiger partial charge in [-0.05, 0) is 47.9 Å². The zero-order valence-corrected chi connectivity index (χ0v) is 15.3. The summed E-state index contributed by atoms with van der Waals surface area (Å²) in [6, 6.07) is 22.5. The molecule has 0 saturated carbocycles. The van der Waals surface area contributed by atoms with Crippen LogP contribution in [0.1, 0.15) is 27.0 Å². The topological polar surface area (TPSA) is 17.1 Å². The highest BCUT2D eigenvalue weighted by atomic mass is 35.5. The van der Waals surface area contributed by atoms with Crippen LogP contribution in [0.3, 0.4) is 0 Å². The van der Waals surface area contributed by atoms with E-state index in [0.717, 1.165) is 11.1 Å². The molecule has 0 aliphatic heterocycles. The number of halogens is 2. The fraction of sp³-hybridized carbons (Fsp3) is 0.0417. The van der Waals surface area contributed by atoms with Crippen LogP contribution in [0.5, 0.6) is 0 Å². The highest BCUT2D eigenvalue weighted by molar-refractivity contribution is 6.30. The van der Waals surface area contributed by atoms with Gasteiger partial charge in [0.25, 0.3) is 0 Å². The number of allylic oxidation sites excluding steroid dienone is 2. The molecule has 0 unspecified atom stereocenters. The predicted molar refractivity (Wildman–Crippen MR) is 109 cm³/mol. The first kappa shape index (κ1) is 18.8. The van der Waals surface area contributed by atoms with Gasteiger partial charge in [-0.15, -0.1) is 0 Å². The van der Waals surface area contributed by atoms with E-state index in [4.69, 9.17) is 11.6 Å². The quantitative estimate of drug-likeness (QED) is 0.358. The summed E-state index contributed by atoms with van der Waals surface area (Å²) in [4.78, 5) is 12.5. The number of hydrogen-bond donors (Lipinski definition) is 0. The van der Waals surface area contributed by atoms with Gasteiger partial charge in [0, 0.05) is 16.1 Å². The molecule has 3 rings (SSSR count). The van der Waals surface area contributed by atoms with Crippen LogP contribution in [0.4, 0.5) is 4.39 Å². The molecule has 0 aromatic heterocycles. The molecule has 3 aromatic rings. The Bertz CT molecular complexity index is 973. The van der Waals surface area contributed by atoms with Crippen molar-refractivity contribution < 1.29 is 9.18 Å². The maximum Gasteiger partial charge on any atom is 0.186 e. The van der Waals surface area contributed by atoms with Crippen LogP contribution < -0.4 is 0 Å². The van der Waals surface area contributed by atoms with Gasteiger partial charge in [-0.3, -0.25) is 4.79 Å². The predicted octanol–water partition coefficient (Wildman–Crippen LogP) is 6.43. The summed E-state index contributed by atoms with van der Waals surface area (Å²) in [5.41, 5.74) is 2.45. The van der Waals surface area contributed by atoms with Gasteiger partial charge in [-0.25, -0.2) is 4.39 Å². The lowest BCUT2D eigenvalue weighted by molar-refractivity contribution is 0.104. The number of benzene rings is 3. The monoisotopic (exact) mass is 375 g/mol.